The topological polar surface area (TPSA) is 77.1 Å². The van der Waals surface area contributed by atoms with Crippen LogP contribution in [0.1, 0.15) is 18.1 Å². The van der Waals surface area contributed by atoms with E-state index in [0.717, 1.165) is 10.5 Å². The SMILES string of the molecule is CCOc1ccc(C2=C(Nc3cc(C)ccc3OC)C(=O)N(c3cccc(OC)c3)C2=O)cc1. The van der Waals surface area contributed by atoms with E-state index in [-0.39, 0.29) is 11.3 Å². The van der Waals surface area contributed by atoms with E-state index in [1.54, 1.807) is 55.6 Å². The second-order valence-corrected chi connectivity index (χ2v) is 7.68. The van der Waals surface area contributed by atoms with Crippen LogP contribution in [0, 0.1) is 6.92 Å². The standard InChI is InChI=1S/C27H26N2O5/c1-5-34-20-12-10-18(11-13-20)24-25(28-22-15-17(2)9-14-23(22)33-4)27(31)29(26(24)30)19-7-6-8-21(16-19)32-3/h6-16,28H,5H2,1-4H3. The number of hydrogen-bond donors (Lipinski definition) is 1. The molecule has 0 fully saturated rings. The van der Waals surface area contributed by atoms with Gasteiger partial charge in [0.05, 0.1) is 37.8 Å². The molecule has 0 spiro atoms. The molecule has 0 bridgehead atoms. The Hall–Kier alpha value is -4.26. The van der Waals surface area contributed by atoms with Gasteiger partial charge in [0, 0.05) is 6.07 Å². The summed E-state index contributed by atoms with van der Waals surface area (Å²) in [7, 11) is 3.09. The van der Waals surface area contributed by atoms with Crippen molar-refractivity contribution >= 4 is 28.8 Å². The maximum Gasteiger partial charge on any atom is 0.282 e. The Kier molecular flexibility index (Phi) is 6.54. The average molecular weight is 459 g/mol. The van der Waals surface area contributed by atoms with Gasteiger partial charge in [0.2, 0.25) is 0 Å². The second kappa shape index (κ2) is 9.70. The highest BCUT2D eigenvalue weighted by Gasteiger charge is 2.40. The molecule has 0 radical (unpaired) electrons. The minimum absolute atomic E-state index is 0.167. The number of hydrogen-bond acceptors (Lipinski definition) is 6. The minimum Gasteiger partial charge on any atom is -0.497 e. The van der Waals surface area contributed by atoms with Crippen LogP contribution in [-0.2, 0) is 9.59 Å². The van der Waals surface area contributed by atoms with Crippen molar-refractivity contribution in [2.75, 3.05) is 31.0 Å². The third-order valence-corrected chi connectivity index (χ3v) is 5.46. The van der Waals surface area contributed by atoms with Gasteiger partial charge in [0.25, 0.3) is 11.8 Å². The Morgan fingerprint density at radius 1 is 0.853 bits per heavy atom. The number of imide groups is 1. The molecule has 7 heteroatoms. The van der Waals surface area contributed by atoms with Crippen LogP contribution in [0.3, 0.4) is 0 Å². The van der Waals surface area contributed by atoms with Crippen LogP contribution < -0.4 is 24.4 Å². The molecule has 2 amide bonds. The van der Waals surface area contributed by atoms with Crippen LogP contribution in [-0.4, -0.2) is 32.6 Å². The molecule has 0 aromatic heterocycles. The van der Waals surface area contributed by atoms with E-state index in [9.17, 15) is 9.59 Å². The number of nitrogens with one attached hydrogen (secondary N) is 1. The summed E-state index contributed by atoms with van der Waals surface area (Å²) in [6.45, 7) is 4.37. The summed E-state index contributed by atoms with van der Waals surface area (Å²) in [6.07, 6.45) is 0. The lowest BCUT2D eigenvalue weighted by atomic mass is 10.0. The molecule has 0 saturated carbocycles. The Morgan fingerprint density at radius 2 is 1.62 bits per heavy atom. The van der Waals surface area contributed by atoms with Crippen molar-refractivity contribution in [1.29, 1.82) is 0 Å². The maximum atomic E-state index is 13.7. The number of carbonyl (C=O) groups is 2. The lowest BCUT2D eigenvalue weighted by Crippen LogP contribution is -2.32. The molecule has 1 aliphatic heterocycles. The van der Waals surface area contributed by atoms with Gasteiger partial charge in [-0.3, -0.25) is 9.59 Å². The Morgan fingerprint density at radius 3 is 2.29 bits per heavy atom. The van der Waals surface area contributed by atoms with Crippen molar-refractivity contribution in [1.82, 2.24) is 0 Å². The van der Waals surface area contributed by atoms with Crippen molar-refractivity contribution in [3.05, 3.63) is 83.6 Å². The fourth-order valence-corrected chi connectivity index (χ4v) is 3.84. The highest BCUT2D eigenvalue weighted by atomic mass is 16.5. The molecule has 3 aromatic carbocycles. The molecule has 0 atom stereocenters. The molecule has 34 heavy (non-hydrogen) atoms. The third kappa shape index (κ3) is 4.32. The molecule has 174 valence electrons. The zero-order valence-corrected chi connectivity index (χ0v) is 19.5. The largest absolute Gasteiger partial charge is 0.497 e. The number of carbonyl (C=O) groups excluding carboxylic acids is 2. The van der Waals surface area contributed by atoms with Crippen LogP contribution >= 0.6 is 0 Å². The van der Waals surface area contributed by atoms with E-state index in [2.05, 4.69) is 5.32 Å². The number of rotatable bonds is 8. The number of aryl methyl sites for hydroxylation is 1. The Labute approximate surface area is 198 Å². The average Bonchev–Trinajstić information content (AvgIpc) is 3.09. The zero-order chi connectivity index (χ0) is 24.2. The van der Waals surface area contributed by atoms with Crippen LogP contribution in [0.2, 0.25) is 0 Å². The van der Waals surface area contributed by atoms with Crippen molar-refractivity contribution in [2.24, 2.45) is 0 Å². The number of benzene rings is 3. The molecule has 1 aliphatic rings. The zero-order valence-electron chi connectivity index (χ0n) is 19.5. The molecule has 3 aromatic rings. The van der Waals surface area contributed by atoms with Gasteiger partial charge in [-0.15, -0.1) is 0 Å². The van der Waals surface area contributed by atoms with Gasteiger partial charge in [0.15, 0.2) is 0 Å². The van der Waals surface area contributed by atoms with Gasteiger partial charge in [-0.25, -0.2) is 4.90 Å². The fourth-order valence-electron chi connectivity index (χ4n) is 3.84. The highest BCUT2D eigenvalue weighted by Crippen LogP contribution is 2.37. The molecule has 1 heterocycles. The van der Waals surface area contributed by atoms with Crippen molar-refractivity contribution in [3.63, 3.8) is 0 Å². The van der Waals surface area contributed by atoms with Crippen molar-refractivity contribution < 1.29 is 23.8 Å². The summed E-state index contributed by atoms with van der Waals surface area (Å²) < 4.78 is 16.3. The van der Waals surface area contributed by atoms with Crippen molar-refractivity contribution in [3.8, 4) is 17.2 Å². The van der Waals surface area contributed by atoms with E-state index in [1.165, 1.54) is 7.11 Å². The quantitative estimate of drug-likeness (QED) is 0.489. The predicted molar refractivity (Wildman–Crippen MR) is 131 cm³/mol. The summed E-state index contributed by atoms with van der Waals surface area (Å²) >= 11 is 0. The van der Waals surface area contributed by atoms with Gasteiger partial charge in [-0.2, -0.15) is 0 Å². The molecular formula is C27H26N2O5. The molecule has 4 rings (SSSR count). The van der Waals surface area contributed by atoms with Crippen LogP contribution in [0.4, 0.5) is 11.4 Å². The van der Waals surface area contributed by atoms with Gasteiger partial charge in [-0.1, -0.05) is 24.3 Å². The van der Waals surface area contributed by atoms with E-state index in [1.807, 2.05) is 32.0 Å². The smallest absolute Gasteiger partial charge is 0.282 e. The lowest BCUT2D eigenvalue weighted by Gasteiger charge is -2.17. The summed E-state index contributed by atoms with van der Waals surface area (Å²) in [6, 6.07) is 19.6. The number of anilines is 2. The van der Waals surface area contributed by atoms with Gasteiger partial charge in [-0.05, 0) is 61.4 Å². The molecular weight excluding hydrogens is 432 g/mol. The first kappa shape index (κ1) is 22.9. The fraction of sp³-hybridized carbons (Fsp3) is 0.185. The van der Waals surface area contributed by atoms with Gasteiger partial charge >= 0.3 is 0 Å². The van der Waals surface area contributed by atoms with E-state index in [4.69, 9.17) is 14.2 Å². The van der Waals surface area contributed by atoms with Crippen LogP contribution in [0.25, 0.3) is 5.57 Å². The first-order chi connectivity index (χ1) is 16.5. The number of nitrogens with zero attached hydrogens (tertiary/aromatic N) is 1. The summed E-state index contributed by atoms with van der Waals surface area (Å²) in [5.74, 6) is 0.886. The summed E-state index contributed by atoms with van der Waals surface area (Å²) in [5, 5.41) is 3.18. The third-order valence-electron chi connectivity index (χ3n) is 5.46. The number of amides is 2. The first-order valence-electron chi connectivity index (χ1n) is 10.9. The molecule has 0 aliphatic carbocycles. The number of methoxy groups -OCH3 is 2. The van der Waals surface area contributed by atoms with Crippen LogP contribution in [0.5, 0.6) is 17.2 Å². The summed E-state index contributed by atoms with van der Waals surface area (Å²) in [4.78, 5) is 28.4. The molecule has 7 nitrogen and oxygen atoms in total. The Bertz CT molecular complexity index is 1260. The number of ether oxygens (including phenoxy) is 3. The lowest BCUT2D eigenvalue weighted by molar-refractivity contribution is -0.120. The maximum absolute atomic E-state index is 13.7. The van der Waals surface area contributed by atoms with Gasteiger partial charge in [0.1, 0.15) is 22.9 Å². The van der Waals surface area contributed by atoms with E-state index in [0.29, 0.717) is 40.8 Å². The summed E-state index contributed by atoms with van der Waals surface area (Å²) in [5.41, 5.74) is 3.02. The molecule has 1 N–H and O–H groups in total. The van der Waals surface area contributed by atoms with Gasteiger partial charge < -0.3 is 19.5 Å². The van der Waals surface area contributed by atoms with E-state index >= 15 is 0 Å². The molecule has 0 saturated heterocycles. The van der Waals surface area contributed by atoms with Crippen LogP contribution in [0.15, 0.2) is 72.4 Å². The second-order valence-electron chi connectivity index (χ2n) is 7.68. The van der Waals surface area contributed by atoms with Crippen molar-refractivity contribution in [2.45, 2.75) is 13.8 Å². The normalized spacial score (nSPS) is 13.4. The Balaban J connectivity index is 1.83. The predicted octanol–water partition coefficient (Wildman–Crippen LogP) is 4.81. The van der Waals surface area contributed by atoms with E-state index < -0.39 is 11.8 Å². The minimum atomic E-state index is -0.467. The first-order valence-corrected chi connectivity index (χ1v) is 10.9. The molecule has 0 unspecified atom stereocenters. The monoisotopic (exact) mass is 458 g/mol. The highest BCUT2D eigenvalue weighted by molar-refractivity contribution is 6.46.